The van der Waals surface area contributed by atoms with E-state index in [4.69, 9.17) is 0 Å². The Bertz CT molecular complexity index is 765. The Morgan fingerprint density at radius 3 is 2.00 bits per heavy atom. The lowest BCUT2D eigenvalue weighted by molar-refractivity contribution is -0.145. The number of aliphatic carboxylic acids is 1. The highest BCUT2D eigenvalue weighted by atomic mass is 80.0. The topological polar surface area (TPSA) is 101 Å². The van der Waals surface area contributed by atoms with Gasteiger partial charge in [-0.1, -0.05) is 19.3 Å². The van der Waals surface area contributed by atoms with Crippen molar-refractivity contribution in [1.29, 1.82) is 0 Å². The van der Waals surface area contributed by atoms with E-state index in [-0.39, 0.29) is 10.5 Å². The van der Waals surface area contributed by atoms with Gasteiger partial charge in [0.25, 0.3) is 5.91 Å². The van der Waals surface area contributed by atoms with Crippen LogP contribution in [0.25, 0.3) is 0 Å². The van der Waals surface area contributed by atoms with Crippen LogP contribution >= 0.6 is 47.8 Å². The summed E-state index contributed by atoms with van der Waals surface area (Å²) >= 11 is 8.92. The van der Waals surface area contributed by atoms with Crippen LogP contribution < -0.4 is 5.32 Å². The zero-order valence-electron chi connectivity index (χ0n) is 13.0. The lowest BCUT2D eigenvalue weighted by Gasteiger charge is -2.34. The Morgan fingerprint density at radius 2 is 1.56 bits per heavy atom. The van der Waals surface area contributed by atoms with Gasteiger partial charge < -0.3 is 10.4 Å². The van der Waals surface area contributed by atoms with E-state index >= 15 is 0 Å². The number of carbonyl (C=O) groups excluding carboxylic acids is 1. The van der Waals surface area contributed by atoms with Crippen molar-refractivity contribution < 1.29 is 23.1 Å². The largest absolute Gasteiger partial charge is 0.480 e. The van der Waals surface area contributed by atoms with E-state index in [0.29, 0.717) is 12.8 Å². The molecule has 0 atom stereocenters. The fraction of sp³-hybridized carbons (Fsp3) is 0.467. The lowest BCUT2D eigenvalue weighted by atomic mass is 9.81. The van der Waals surface area contributed by atoms with Crippen molar-refractivity contribution >= 4 is 69.5 Å². The standard InChI is InChI=1S/C15H16Br3NO5S/c16-15(17,18)25(23,24)11-6-4-10(5-7-11)12(20)19-14(13(21)22)8-2-1-3-9-14/h4-7H,1-3,8-9H2,(H,19,20)(H,21,22). The summed E-state index contributed by atoms with van der Waals surface area (Å²) in [5.74, 6) is -1.57. The number of hydrogen-bond donors (Lipinski definition) is 2. The molecule has 1 saturated carbocycles. The molecule has 0 spiro atoms. The molecule has 2 rings (SSSR count). The normalized spacial score (nSPS) is 17.7. The van der Waals surface area contributed by atoms with Crippen LogP contribution in [0.4, 0.5) is 0 Å². The maximum atomic E-state index is 12.4. The molecule has 1 fully saturated rings. The van der Waals surface area contributed by atoms with E-state index in [1.54, 1.807) is 0 Å². The van der Waals surface area contributed by atoms with E-state index in [1.165, 1.54) is 24.3 Å². The van der Waals surface area contributed by atoms with Gasteiger partial charge in [0.05, 0.1) is 4.90 Å². The molecule has 1 aromatic rings. The molecule has 2 N–H and O–H groups in total. The second-order valence-electron chi connectivity index (χ2n) is 5.88. The van der Waals surface area contributed by atoms with E-state index in [0.717, 1.165) is 19.3 Å². The highest BCUT2D eigenvalue weighted by Gasteiger charge is 2.41. The summed E-state index contributed by atoms with van der Waals surface area (Å²) in [5.41, 5.74) is -1.05. The van der Waals surface area contributed by atoms with Gasteiger partial charge in [-0.3, -0.25) is 4.79 Å². The molecule has 0 heterocycles. The average molecular weight is 562 g/mol. The Morgan fingerprint density at radius 1 is 1.04 bits per heavy atom. The van der Waals surface area contributed by atoms with Crippen LogP contribution in [0.3, 0.4) is 0 Å². The molecule has 0 aromatic heterocycles. The van der Waals surface area contributed by atoms with E-state index < -0.39 is 28.7 Å². The highest BCUT2D eigenvalue weighted by Crippen LogP contribution is 2.43. The predicted octanol–water partition coefficient (Wildman–Crippen LogP) is 3.77. The van der Waals surface area contributed by atoms with E-state index in [1.807, 2.05) is 0 Å². The number of carbonyl (C=O) groups is 2. The Hall–Kier alpha value is -0.450. The van der Waals surface area contributed by atoms with Crippen molar-refractivity contribution in [1.82, 2.24) is 5.32 Å². The summed E-state index contributed by atoms with van der Waals surface area (Å²) in [6.45, 7) is 0. The van der Waals surface area contributed by atoms with Gasteiger partial charge in [-0.05, 0) is 84.9 Å². The van der Waals surface area contributed by atoms with Gasteiger partial charge in [-0.2, -0.15) is 0 Å². The van der Waals surface area contributed by atoms with Crippen LogP contribution in [0.15, 0.2) is 29.2 Å². The molecule has 0 bridgehead atoms. The number of carboxylic acid groups (broad SMARTS) is 1. The predicted molar refractivity (Wildman–Crippen MR) is 104 cm³/mol. The summed E-state index contributed by atoms with van der Waals surface area (Å²) in [6.07, 6.45) is 3.21. The van der Waals surface area contributed by atoms with Gasteiger partial charge in [0.15, 0.2) is 0 Å². The first-order chi connectivity index (χ1) is 11.5. The molecule has 1 aliphatic rings. The molecule has 0 radical (unpaired) electrons. The van der Waals surface area contributed by atoms with Crippen molar-refractivity contribution in [3.05, 3.63) is 29.8 Å². The second-order valence-corrected chi connectivity index (χ2v) is 16.3. The van der Waals surface area contributed by atoms with Crippen LogP contribution in [-0.2, 0) is 14.6 Å². The first-order valence-corrected chi connectivity index (χ1v) is 11.3. The molecule has 1 aliphatic carbocycles. The number of hydrogen-bond acceptors (Lipinski definition) is 4. The smallest absolute Gasteiger partial charge is 0.329 e. The number of amides is 1. The van der Waals surface area contributed by atoms with Gasteiger partial charge >= 0.3 is 5.97 Å². The van der Waals surface area contributed by atoms with Crippen molar-refractivity contribution in [2.24, 2.45) is 0 Å². The van der Waals surface area contributed by atoms with Crippen LogP contribution in [0.2, 0.25) is 0 Å². The van der Waals surface area contributed by atoms with Gasteiger partial charge in [0.2, 0.25) is 11.3 Å². The van der Waals surface area contributed by atoms with Crippen molar-refractivity contribution in [3.8, 4) is 0 Å². The molecule has 25 heavy (non-hydrogen) atoms. The summed E-state index contributed by atoms with van der Waals surface area (Å²) in [7, 11) is -3.75. The second kappa shape index (κ2) is 7.66. The third-order valence-electron chi connectivity index (χ3n) is 4.20. The van der Waals surface area contributed by atoms with Gasteiger partial charge in [0, 0.05) is 5.56 Å². The lowest BCUT2D eigenvalue weighted by Crippen LogP contribution is -2.55. The number of nitrogens with one attached hydrogen (secondary N) is 1. The first-order valence-electron chi connectivity index (χ1n) is 7.47. The molecule has 1 amide bonds. The summed E-state index contributed by atoms with van der Waals surface area (Å²) in [5, 5.41) is 12.1. The molecule has 6 nitrogen and oxygen atoms in total. The number of rotatable bonds is 4. The fourth-order valence-electron chi connectivity index (χ4n) is 2.76. The zero-order valence-corrected chi connectivity index (χ0v) is 18.5. The number of sulfone groups is 1. The Labute approximate surface area is 171 Å². The summed E-state index contributed by atoms with van der Waals surface area (Å²) in [4.78, 5) is 24.1. The minimum atomic E-state index is -3.75. The van der Waals surface area contributed by atoms with Crippen LogP contribution in [-0.4, -0.2) is 32.4 Å². The number of benzene rings is 1. The molecule has 0 saturated heterocycles. The minimum Gasteiger partial charge on any atom is -0.480 e. The van der Waals surface area contributed by atoms with Crippen molar-refractivity contribution in [3.63, 3.8) is 0 Å². The number of halogens is 3. The van der Waals surface area contributed by atoms with E-state index in [9.17, 15) is 23.1 Å². The first kappa shape index (κ1) is 20.9. The van der Waals surface area contributed by atoms with Gasteiger partial charge in [-0.15, -0.1) is 0 Å². The quantitative estimate of drug-likeness (QED) is 0.545. The van der Waals surface area contributed by atoms with Gasteiger partial charge in [0.1, 0.15) is 5.54 Å². The molecular weight excluding hydrogens is 546 g/mol. The van der Waals surface area contributed by atoms with Gasteiger partial charge in [-0.25, -0.2) is 13.2 Å². The Balaban J connectivity index is 2.22. The average Bonchev–Trinajstić information content (AvgIpc) is 2.54. The molecule has 10 heteroatoms. The SMILES string of the molecule is O=C(NC1(C(=O)O)CCCCC1)c1ccc(S(=O)(=O)C(Br)(Br)Br)cc1. The monoisotopic (exact) mass is 559 g/mol. The summed E-state index contributed by atoms with van der Waals surface area (Å²) < 4.78 is 23.0. The van der Waals surface area contributed by atoms with Crippen LogP contribution in [0.5, 0.6) is 0 Å². The highest BCUT2D eigenvalue weighted by molar-refractivity contribution is 9.42. The van der Waals surface area contributed by atoms with Crippen LogP contribution in [0, 0.1) is 0 Å². The van der Waals surface area contributed by atoms with Crippen LogP contribution in [0.1, 0.15) is 42.5 Å². The molecular formula is C15H16Br3NO5S. The molecule has 0 aliphatic heterocycles. The molecule has 0 unspecified atom stereocenters. The van der Waals surface area contributed by atoms with E-state index in [2.05, 4.69) is 53.1 Å². The number of carboxylic acids is 1. The van der Waals surface area contributed by atoms with Crippen molar-refractivity contribution in [2.45, 2.75) is 44.0 Å². The minimum absolute atomic E-state index is 0.000268. The zero-order chi connectivity index (χ0) is 18.9. The maximum absolute atomic E-state index is 12.4. The number of alkyl halides is 3. The maximum Gasteiger partial charge on any atom is 0.329 e. The Kier molecular flexibility index (Phi) is 6.39. The molecule has 138 valence electrons. The van der Waals surface area contributed by atoms with Crippen molar-refractivity contribution in [2.75, 3.05) is 0 Å². The third-order valence-corrected chi connectivity index (χ3v) is 9.54. The molecule has 1 aromatic carbocycles. The third kappa shape index (κ3) is 4.45. The summed E-state index contributed by atoms with van der Waals surface area (Å²) in [6, 6.07) is 5.33. The fourth-order valence-corrected chi connectivity index (χ4v) is 5.20.